The number of hydrogen-bond donors (Lipinski definition) is 1. The van der Waals surface area contributed by atoms with Crippen molar-refractivity contribution in [1.82, 2.24) is 9.62 Å². The molecule has 2 aromatic rings. The molecule has 0 spiro atoms. The number of piperidine rings is 1. The van der Waals surface area contributed by atoms with Gasteiger partial charge < -0.3 is 5.32 Å². The smallest absolute Gasteiger partial charge is 0.127 e. The highest BCUT2D eigenvalue weighted by atomic mass is 32.2. The maximum Gasteiger partial charge on any atom is 0.127 e. The lowest BCUT2D eigenvalue weighted by atomic mass is 10.0. The molecule has 4 heteroatoms. The van der Waals surface area contributed by atoms with E-state index >= 15 is 0 Å². The van der Waals surface area contributed by atoms with Gasteiger partial charge in [0.1, 0.15) is 11.0 Å². The summed E-state index contributed by atoms with van der Waals surface area (Å²) in [4.78, 5) is 0.915. The molecule has 146 valence electrons. The van der Waals surface area contributed by atoms with Crippen LogP contribution < -0.4 is 5.32 Å². The zero-order chi connectivity index (χ0) is 18.9. The van der Waals surface area contributed by atoms with Crippen molar-refractivity contribution < 1.29 is 4.21 Å². The summed E-state index contributed by atoms with van der Waals surface area (Å²) in [7, 11) is -1.04. The first-order valence-corrected chi connectivity index (χ1v) is 11.5. The fraction of sp³-hybridized carbons (Fsp3) is 0.478. The lowest BCUT2D eigenvalue weighted by molar-refractivity contribution is 0.365. The van der Waals surface area contributed by atoms with Crippen molar-refractivity contribution in [2.75, 3.05) is 26.2 Å². The van der Waals surface area contributed by atoms with Crippen LogP contribution in [0.15, 0.2) is 53.4 Å². The van der Waals surface area contributed by atoms with E-state index in [1.54, 1.807) is 0 Å². The molecule has 0 bridgehead atoms. The summed E-state index contributed by atoms with van der Waals surface area (Å²) in [5.41, 5.74) is 3.69. The molecule has 3 nitrogen and oxygen atoms in total. The second-order valence-electron chi connectivity index (χ2n) is 7.32. The van der Waals surface area contributed by atoms with Gasteiger partial charge in [0.25, 0.3) is 0 Å². The van der Waals surface area contributed by atoms with Gasteiger partial charge in [-0.2, -0.15) is 0 Å². The van der Waals surface area contributed by atoms with Gasteiger partial charge in [0, 0.05) is 13.1 Å². The van der Waals surface area contributed by atoms with Crippen LogP contribution in [0.4, 0.5) is 0 Å². The Labute approximate surface area is 166 Å². The number of hydrogen-bond acceptors (Lipinski definition) is 2. The molecule has 1 saturated heterocycles. The van der Waals surface area contributed by atoms with Gasteiger partial charge in [-0.3, -0.25) is 0 Å². The third kappa shape index (κ3) is 6.00. The Hall–Kier alpha value is -1.49. The minimum atomic E-state index is -1.04. The van der Waals surface area contributed by atoms with E-state index in [-0.39, 0.29) is 0 Å². The maximum absolute atomic E-state index is 12.9. The average molecular weight is 385 g/mol. The van der Waals surface area contributed by atoms with Crippen molar-refractivity contribution in [2.24, 2.45) is 0 Å². The molecule has 0 aromatic heterocycles. The van der Waals surface area contributed by atoms with Crippen molar-refractivity contribution in [1.29, 1.82) is 0 Å². The van der Waals surface area contributed by atoms with E-state index < -0.39 is 11.0 Å². The number of unbranched alkanes of at least 4 members (excludes halogenated alkanes) is 1. The second kappa shape index (κ2) is 10.7. The summed E-state index contributed by atoms with van der Waals surface area (Å²) in [6, 6.07) is 17.0. The molecule has 1 fully saturated rings. The molecular weight excluding hydrogens is 352 g/mol. The Morgan fingerprint density at radius 2 is 1.74 bits per heavy atom. The third-order valence-electron chi connectivity index (χ3n) is 5.17. The van der Waals surface area contributed by atoms with Crippen LogP contribution >= 0.6 is 0 Å². The van der Waals surface area contributed by atoms with E-state index in [0.717, 1.165) is 55.9 Å². The first-order valence-electron chi connectivity index (χ1n) is 10.3. The van der Waals surface area contributed by atoms with Gasteiger partial charge >= 0.3 is 0 Å². The highest BCUT2D eigenvalue weighted by molar-refractivity contribution is 7.82. The molecule has 1 atom stereocenters. The number of nitrogens with zero attached hydrogens (tertiary/aromatic N) is 1. The third-order valence-corrected chi connectivity index (χ3v) is 6.66. The van der Waals surface area contributed by atoms with Crippen LogP contribution in [0.5, 0.6) is 0 Å². The monoisotopic (exact) mass is 384 g/mol. The summed E-state index contributed by atoms with van der Waals surface area (Å²) in [6.07, 6.45) is 7.11. The van der Waals surface area contributed by atoms with Gasteiger partial charge in [0.05, 0.1) is 4.90 Å². The average Bonchev–Trinajstić information content (AvgIpc) is 2.74. The fourth-order valence-corrected chi connectivity index (χ4v) is 4.80. The van der Waals surface area contributed by atoms with Gasteiger partial charge in [-0.1, -0.05) is 56.2 Å². The summed E-state index contributed by atoms with van der Waals surface area (Å²) in [5.74, 6) is 0. The first kappa shape index (κ1) is 20.2. The molecule has 27 heavy (non-hydrogen) atoms. The zero-order valence-electron chi connectivity index (χ0n) is 16.5. The van der Waals surface area contributed by atoms with Crippen molar-refractivity contribution in [2.45, 2.75) is 50.3 Å². The normalized spacial score (nSPS) is 16.3. The van der Waals surface area contributed by atoms with Crippen LogP contribution in [0.3, 0.4) is 0 Å². The number of benzene rings is 2. The number of rotatable bonds is 9. The van der Waals surface area contributed by atoms with Crippen LogP contribution in [-0.2, 0) is 17.4 Å². The molecule has 0 saturated carbocycles. The summed E-state index contributed by atoms with van der Waals surface area (Å²) >= 11 is 0. The zero-order valence-corrected chi connectivity index (χ0v) is 17.3. The van der Waals surface area contributed by atoms with E-state index in [9.17, 15) is 4.21 Å². The Bertz CT molecular complexity index is 723. The van der Waals surface area contributed by atoms with E-state index in [4.69, 9.17) is 0 Å². The minimum absolute atomic E-state index is 0.915. The summed E-state index contributed by atoms with van der Waals surface area (Å²) in [6.45, 7) is 6.24. The lowest BCUT2D eigenvalue weighted by Gasteiger charge is -2.25. The van der Waals surface area contributed by atoms with Crippen molar-refractivity contribution >= 4 is 11.0 Å². The van der Waals surface area contributed by atoms with Crippen LogP contribution in [0.25, 0.3) is 11.1 Å². The SMILES string of the molecule is CCCCNCCc1ccc(-c2cccc(S(=O)N3CCCCC3)c2)cc1. The van der Waals surface area contributed by atoms with Gasteiger partial charge in [0.2, 0.25) is 0 Å². The standard InChI is InChI=1S/C23H32N2OS/c1-2-3-15-24-16-14-20-10-12-21(13-11-20)22-8-7-9-23(19-22)27(26)25-17-5-4-6-18-25/h7-13,19,24H,2-6,14-18H2,1H3. The molecule has 1 N–H and O–H groups in total. The van der Waals surface area contributed by atoms with Crippen molar-refractivity contribution in [3.05, 3.63) is 54.1 Å². The van der Waals surface area contributed by atoms with Crippen LogP contribution in [0.1, 0.15) is 44.6 Å². The summed E-state index contributed by atoms with van der Waals surface area (Å²) < 4.78 is 15.0. The largest absolute Gasteiger partial charge is 0.316 e. The van der Waals surface area contributed by atoms with Crippen LogP contribution in [-0.4, -0.2) is 34.7 Å². The van der Waals surface area contributed by atoms with E-state index in [2.05, 4.69) is 52.9 Å². The molecule has 1 aliphatic rings. The van der Waals surface area contributed by atoms with Gasteiger partial charge in [-0.05, 0) is 67.6 Å². The molecule has 1 aliphatic heterocycles. The molecular formula is C23H32N2OS. The fourth-order valence-electron chi connectivity index (χ4n) is 3.49. The molecule has 3 rings (SSSR count). The lowest BCUT2D eigenvalue weighted by Crippen LogP contribution is -2.31. The van der Waals surface area contributed by atoms with Crippen molar-refractivity contribution in [3.8, 4) is 11.1 Å². The maximum atomic E-state index is 12.9. The van der Waals surface area contributed by atoms with Crippen LogP contribution in [0, 0.1) is 0 Å². The predicted octanol–water partition coefficient (Wildman–Crippen LogP) is 4.79. The molecule has 0 aliphatic carbocycles. The summed E-state index contributed by atoms with van der Waals surface area (Å²) in [5, 5.41) is 3.49. The molecule has 1 heterocycles. The highest BCUT2D eigenvalue weighted by Crippen LogP contribution is 2.24. The van der Waals surface area contributed by atoms with Gasteiger partial charge in [-0.25, -0.2) is 8.51 Å². The van der Waals surface area contributed by atoms with E-state index in [1.165, 1.54) is 30.4 Å². The number of nitrogens with one attached hydrogen (secondary N) is 1. The minimum Gasteiger partial charge on any atom is -0.316 e. The molecule has 1 unspecified atom stereocenters. The predicted molar refractivity (Wildman–Crippen MR) is 115 cm³/mol. The second-order valence-corrected chi connectivity index (χ2v) is 8.80. The Morgan fingerprint density at radius 3 is 2.48 bits per heavy atom. The van der Waals surface area contributed by atoms with Gasteiger partial charge in [-0.15, -0.1) is 0 Å². The first-order chi connectivity index (χ1) is 13.3. The molecule has 0 radical (unpaired) electrons. The van der Waals surface area contributed by atoms with Crippen LogP contribution in [0.2, 0.25) is 0 Å². The molecule has 2 aromatic carbocycles. The Kier molecular flexibility index (Phi) is 8.06. The van der Waals surface area contributed by atoms with Crippen molar-refractivity contribution in [3.63, 3.8) is 0 Å². The quantitative estimate of drug-likeness (QED) is 0.630. The van der Waals surface area contributed by atoms with E-state index in [1.807, 2.05) is 12.1 Å². The van der Waals surface area contributed by atoms with E-state index in [0.29, 0.717) is 0 Å². The highest BCUT2D eigenvalue weighted by Gasteiger charge is 2.18. The molecule has 0 amide bonds. The Balaban J connectivity index is 1.61. The van der Waals surface area contributed by atoms with Gasteiger partial charge in [0.15, 0.2) is 0 Å². The Morgan fingerprint density at radius 1 is 0.963 bits per heavy atom. The topological polar surface area (TPSA) is 32.3 Å².